The van der Waals surface area contributed by atoms with Gasteiger partial charge >= 0.3 is 0 Å². The molecule has 1 saturated heterocycles. The standard InChI is InChI=1S/C11H13NOS/c13-11-12(7-4-8-14-11)9-10-5-2-1-3-6-10/h1-3,5-6H,4,7-9H2. The van der Waals surface area contributed by atoms with Gasteiger partial charge in [-0.05, 0) is 12.0 Å². The number of hydrogen-bond acceptors (Lipinski definition) is 2. The van der Waals surface area contributed by atoms with Crippen molar-refractivity contribution in [2.75, 3.05) is 12.3 Å². The van der Waals surface area contributed by atoms with Crippen molar-refractivity contribution >= 4 is 17.0 Å². The van der Waals surface area contributed by atoms with Crippen LogP contribution < -0.4 is 0 Å². The Morgan fingerprint density at radius 1 is 1.29 bits per heavy atom. The van der Waals surface area contributed by atoms with Gasteiger partial charge in [0, 0.05) is 18.8 Å². The van der Waals surface area contributed by atoms with Gasteiger partial charge in [-0.25, -0.2) is 0 Å². The van der Waals surface area contributed by atoms with Crippen molar-refractivity contribution < 1.29 is 4.79 Å². The first-order valence-electron chi connectivity index (χ1n) is 4.82. The first kappa shape index (κ1) is 9.59. The summed E-state index contributed by atoms with van der Waals surface area (Å²) in [6, 6.07) is 10.1. The molecule has 0 N–H and O–H groups in total. The monoisotopic (exact) mass is 207 g/mol. The molecular weight excluding hydrogens is 194 g/mol. The molecule has 1 fully saturated rings. The third kappa shape index (κ3) is 2.29. The van der Waals surface area contributed by atoms with Crippen LogP contribution in [0.25, 0.3) is 0 Å². The van der Waals surface area contributed by atoms with Crippen LogP contribution >= 0.6 is 11.8 Å². The molecule has 0 spiro atoms. The topological polar surface area (TPSA) is 20.3 Å². The molecule has 74 valence electrons. The predicted molar refractivity (Wildman–Crippen MR) is 59.3 cm³/mol. The maximum absolute atomic E-state index is 11.5. The molecule has 1 amide bonds. The Kier molecular flexibility index (Phi) is 3.09. The minimum atomic E-state index is 0.222. The molecule has 0 atom stereocenters. The highest BCUT2D eigenvalue weighted by atomic mass is 32.2. The van der Waals surface area contributed by atoms with Gasteiger partial charge in [0.2, 0.25) is 0 Å². The average molecular weight is 207 g/mol. The van der Waals surface area contributed by atoms with Crippen molar-refractivity contribution in [1.29, 1.82) is 0 Å². The molecule has 1 heterocycles. The molecule has 0 radical (unpaired) electrons. The lowest BCUT2D eigenvalue weighted by atomic mass is 10.2. The average Bonchev–Trinajstić information content (AvgIpc) is 2.23. The predicted octanol–water partition coefficient (Wildman–Crippen LogP) is 2.75. The van der Waals surface area contributed by atoms with Crippen LogP contribution in [0.3, 0.4) is 0 Å². The van der Waals surface area contributed by atoms with E-state index in [0.717, 1.165) is 25.3 Å². The fraction of sp³-hybridized carbons (Fsp3) is 0.364. The summed E-state index contributed by atoms with van der Waals surface area (Å²) >= 11 is 1.43. The van der Waals surface area contributed by atoms with Gasteiger partial charge in [0.05, 0.1) is 0 Å². The Morgan fingerprint density at radius 2 is 2.07 bits per heavy atom. The summed E-state index contributed by atoms with van der Waals surface area (Å²) in [6.45, 7) is 1.66. The van der Waals surface area contributed by atoms with E-state index in [1.54, 1.807) is 0 Å². The van der Waals surface area contributed by atoms with Crippen molar-refractivity contribution in [3.05, 3.63) is 35.9 Å². The number of rotatable bonds is 2. The van der Waals surface area contributed by atoms with Crippen molar-refractivity contribution in [3.8, 4) is 0 Å². The van der Waals surface area contributed by atoms with E-state index in [0.29, 0.717) is 0 Å². The van der Waals surface area contributed by atoms with E-state index in [9.17, 15) is 4.79 Å². The van der Waals surface area contributed by atoms with E-state index in [1.807, 2.05) is 23.1 Å². The fourth-order valence-corrected chi connectivity index (χ4v) is 2.33. The van der Waals surface area contributed by atoms with E-state index in [1.165, 1.54) is 17.3 Å². The van der Waals surface area contributed by atoms with Crippen LogP contribution in [0.4, 0.5) is 4.79 Å². The van der Waals surface area contributed by atoms with Crippen molar-refractivity contribution in [2.45, 2.75) is 13.0 Å². The molecule has 2 nitrogen and oxygen atoms in total. The minimum absolute atomic E-state index is 0.222. The number of hydrogen-bond donors (Lipinski definition) is 0. The molecule has 0 aliphatic carbocycles. The van der Waals surface area contributed by atoms with Crippen LogP contribution in [-0.4, -0.2) is 22.4 Å². The van der Waals surface area contributed by atoms with Gasteiger partial charge in [-0.3, -0.25) is 4.79 Å². The quantitative estimate of drug-likeness (QED) is 0.743. The van der Waals surface area contributed by atoms with Gasteiger partial charge in [0.25, 0.3) is 5.24 Å². The SMILES string of the molecule is O=C1SCCCN1Cc1ccccc1. The van der Waals surface area contributed by atoms with Gasteiger partial charge in [-0.2, -0.15) is 0 Å². The third-order valence-electron chi connectivity index (χ3n) is 2.27. The molecule has 0 saturated carbocycles. The van der Waals surface area contributed by atoms with Gasteiger partial charge in [0.1, 0.15) is 0 Å². The van der Waals surface area contributed by atoms with E-state index in [4.69, 9.17) is 0 Å². The summed E-state index contributed by atoms with van der Waals surface area (Å²) < 4.78 is 0. The first-order chi connectivity index (χ1) is 6.86. The van der Waals surface area contributed by atoms with Crippen LogP contribution in [0.2, 0.25) is 0 Å². The number of thioether (sulfide) groups is 1. The fourth-order valence-electron chi connectivity index (χ4n) is 1.54. The molecular formula is C11H13NOS. The zero-order valence-corrected chi connectivity index (χ0v) is 8.80. The molecule has 1 aromatic rings. The normalized spacial score (nSPS) is 17.1. The molecule has 3 heteroatoms. The molecule has 0 bridgehead atoms. The molecule has 2 rings (SSSR count). The number of carbonyl (C=O) groups excluding carboxylic acids is 1. The summed E-state index contributed by atoms with van der Waals surface area (Å²) in [5, 5.41) is 0.222. The summed E-state index contributed by atoms with van der Waals surface area (Å²) in [7, 11) is 0. The van der Waals surface area contributed by atoms with Gasteiger partial charge < -0.3 is 4.90 Å². The van der Waals surface area contributed by atoms with Crippen molar-refractivity contribution in [2.24, 2.45) is 0 Å². The van der Waals surface area contributed by atoms with E-state index >= 15 is 0 Å². The number of carbonyl (C=O) groups is 1. The second kappa shape index (κ2) is 4.51. The molecule has 1 aromatic carbocycles. The zero-order valence-electron chi connectivity index (χ0n) is 7.98. The molecule has 14 heavy (non-hydrogen) atoms. The maximum atomic E-state index is 11.5. The van der Waals surface area contributed by atoms with Crippen LogP contribution in [-0.2, 0) is 6.54 Å². The van der Waals surface area contributed by atoms with Gasteiger partial charge in [-0.1, -0.05) is 42.1 Å². The Balaban J connectivity index is 2.00. The minimum Gasteiger partial charge on any atom is -0.329 e. The number of benzene rings is 1. The summed E-state index contributed by atoms with van der Waals surface area (Å²) in [6.07, 6.45) is 1.11. The largest absolute Gasteiger partial charge is 0.329 e. The molecule has 1 aliphatic heterocycles. The second-order valence-corrected chi connectivity index (χ2v) is 4.42. The third-order valence-corrected chi connectivity index (χ3v) is 3.27. The van der Waals surface area contributed by atoms with Crippen molar-refractivity contribution in [1.82, 2.24) is 4.90 Å². The first-order valence-corrected chi connectivity index (χ1v) is 5.80. The summed E-state index contributed by atoms with van der Waals surface area (Å²) in [5.41, 5.74) is 1.21. The van der Waals surface area contributed by atoms with Gasteiger partial charge in [-0.15, -0.1) is 0 Å². The van der Waals surface area contributed by atoms with E-state index < -0.39 is 0 Å². The van der Waals surface area contributed by atoms with E-state index in [2.05, 4.69) is 12.1 Å². The highest BCUT2D eigenvalue weighted by Crippen LogP contribution is 2.19. The zero-order chi connectivity index (χ0) is 9.80. The van der Waals surface area contributed by atoms with E-state index in [-0.39, 0.29) is 5.24 Å². The number of amides is 1. The second-order valence-electron chi connectivity index (χ2n) is 3.38. The molecule has 1 aliphatic rings. The van der Waals surface area contributed by atoms with Crippen LogP contribution in [0.1, 0.15) is 12.0 Å². The van der Waals surface area contributed by atoms with Crippen LogP contribution in [0.15, 0.2) is 30.3 Å². The highest BCUT2D eigenvalue weighted by molar-refractivity contribution is 8.13. The van der Waals surface area contributed by atoms with Crippen molar-refractivity contribution in [3.63, 3.8) is 0 Å². The van der Waals surface area contributed by atoms with Crippen LogP contribution in [0.5, 0.6) is 0 Å². The smallest absolute Gasteiger partial charge is 0.281 e. The van der Waals surface area contributed by atoms with Gasteiger partial charge in [0.15, 0.2) is 0 Å². The Morgan fingerprint density at radius 3 is 2.79 bits per heavy atom. The lowest BCUT2D eigenvalue weighted by molar-refractivity contribution is 0.218. The summed E-state index contributed by atoms with van der Waals surface area (Å²) in [5.74, 6) is 0.976. The Bertz CT molecular complexity index is 312. The molecule has 0 aromatic heterocycles. The Hall–Kier alpha value is -0.960. The highest BCUT2D eigenvalue weighted by Gasteiger charge is 2.18. The lowest BCUT2D eigenvalue weighted by Crippen LogP contribution is -2.32. The summed E-state index contributed by atoms with van der Waals surface area (Å²) in [4.78, 5) is 13.4. The molecule has 0 unspecified atom stereocenters. The Labute approximate surface area is 88.3 Å². The maximum Gasteiger partial charge on any atom is 0.281 e. The van der Waals surface area contributed by atoms with Crippen LogP contribution in [0, 0.1) is 0 Å². The lowest BCUT2D eigenvalue weighted by Gasteiger charge is -2.25. The number of nitrogens with zero attached hydrogens (tertiary/aromatic N) is 1.